The predicted octanol–water partition coefficient (Wildman–Crippen LogP) is 4.24. The summed E-state index contributed by atoms with van der Waals surface area (Å²) in [6, 6.07) is 6.68. The molecule has 0 spiro atoms. The molecule has 0 amide bonds. The number of allylic oxidation sites excluding steroid dienone is 1. The second-order valence-corrected chi connectivity index (χ2v) is 3.82. The molecule has 16 heavy (non-hydrogen) atoms. The molecule has 0 bridgehead atoms. The number of benzene rings is 1. The van der Waals surface area contributed by atoms with Gasteiger partial charge in [0.1, 0.15) is 12.2 Å². The molecular weight excluding hydrogens is 234 g/mol. The molecule has 0 aliphatic carbocycles. The summed E-state index contributed by atoms with van der Waals surface area (Å²) in [6.45, 7) is 0.370. The van der Waals surface area contributed by atoms with Crippen LogP contribution < -0.4 is 0 Å². The number of hydrogen-bond donors (Lipinski definition) is 0. The quantitative estimate of drug-likeness (QED) is 0.755. The van der Waals surface area contributed by atoms with Crippen LogP contribution in [0.1, 0.15) is 17.9 Å². The third-order valence-corrected chi connectivity index (χ3v) is 2.57. The van der Waals surface area contributed by atoms with Crippen molar-refractivity contribution < 1.29 is 13.5 Å². The van der Waals surface area contributed by atoms with Gasteiger partial charge in [0.2, 0.25) is 0 Å². The molecule has 1 nitrogen and oxygen atoms in total. The lowest BCUT2D eigenvalue weighted by Gasteiger charge is -2.14. The number of rotatable bonds is 5. The molecule has 1 rings (SSSR count). The molecule has 0 aromatic heterocycles. The van der Waals surface area contributed by atoms with Crippen molar-refractivity contribution in [3.8, 4) is 0 Å². The Bertz CT molecular complexity index is 349. The largest absolute Gasteiger partial charge is 0.385 e. The van der Waals surface area contributed by atoms with Gasteiger partial charge in [0.15, 0.2) is 0 Å². The summed E-state index contributed by atoms with van der Waals surface area (Å²) in [6.07, 6.45) is 0.388. The lowest BCUT2D eigenvalue weighted by molar-refractivity contribution is 0.188. The minimum absolute atomic E-state index is 0.00503. The predicted molar refractivity (Wildman–Crippen MR) is 61.0 cm³/mol. The summed E-state index contributed by atoms with van der Waals surface area (Å²) >= 11 is 5.73. The van der Waals surface area contributed by atoms with Crippen LogP contribution >= 0.6 is 11.6 Å². The third-order valence-electron chi connectivity index (χ3n) is 2.32. The van der Waals surface area contributed by atoms with Crippen molar-refractivity contribution in [2.75, 3.05) is 13.7 Å². The van der Waals surface area contributed by atoms with Gasteiger partial charge in [-0.2, -0.15) is 0 Å². The van der Waals surface area contributed by atoms with E-state index in [1.165, 1.54) is 7.11 Å². The lowest BCUT2D eigenvalue weighted by Crippen LogP contribution is -2.03. The van der Waals surface area contributed by atoms with Crippen molar-refractivity contribution in [3.05, 3.63) is 47.0 Å². The average molecular weight is 247 g/mol. The molecule has 0 saturated carbocycles. The molecule has 88 valence electrons. The normalized spacial score (nSPS) is 13.9. The zero-order valence-corrected chi connectivity index (χ0v) is 9.68. The fraction of sp³-hybridized carbons (Fsp3) is 0.333. The van der Waals surface area contributed by atoms with Crippen LogP contribution in [0.15, 0.2) is 36.4 Å². The van der Waals surface area contributed by atoms with Gasteiger partial charge >= 0.3 is 0 Å². The zero-order chi connectivity index (χ0) is 12.0. The Morgan fingerprint density at radius 2 is 2.06 bits per heavy atom. The van der Waals surface area contributed by atoms with Gasteiger partial charge in [0.05, 0.1) is 0 Å². The van der Waals surface area contributed by atoms with Gasteiger partial charge in [-0.3, -0.25) is 0 Å². The van der Waals surface area contributed by atoms with Crippen molar-refractivity contribution in [3.63, 3.8) is 0 Å². The van der Waals surface area contributed by atoms with E-state index in [0.29, 0.717) is 23.6 Å². The van der Waals surface area contributed by atoms with Gasteiger partial charge in [-0.1, -0.05) is 23.7 Å². The van der Waals surface area contributed by atoms with Gasteiger partial charge in [0.25, 0.3) is 0 Å². The summed E-state index contributed by atoms with van der Waals surface area (Å²) in [5, 5.41) is 0.568. The highest BCUT2D eigenvalue weighted by Crippen LogP contribution is 2.29. The van der Waals surface area contributed by atoms with E-state index in [0.717, 1.165) is 0 Å². The first-order chi connectivity index (χ1) is 7.69. The average Bonchev–Trinajstić information content (AvgIpc) is 2.31. The highest BCUT2D eigenvalue weighted by atomic mass is 35.5. The number of ether oxygens (including phenoxy) is 1. The second kappa shape index (κ2) is 6.61. The number of hydrogen-bond acceptors (Lipinski definition) is 1. The van der Waals surface area contributed by atoms with Crippen LogP contribution in [-0.2, 0) is 4.74 Å². The fourth-order valence-corrected chi connectivity index (χ4v) is 1.60. The molecule has 0 fully saturated rings. The Labute approximate surface area is 98.7 Å². The van der Waals surface area contributed by atoms with E-state index in [1.807, 2.05) is 0 Å². The van der Waals surface area contributed by atoms with Crippen LogP contribution in [0, 0.1) is 0 Å². The fourth-order valence-electron chi connectivity index (χ4n) is 1.47. The van der Waals surface area contributed by atoms with Crippen molar-refractivity contribution in [1.29, 1.82) is 0 Å². The summed E-state index contributed by atoms with van der Waals surface area (Å²) in [4.78, 5) is 0. The Kier molecular flexibility index (Phi) is 5.43. The maximum absolute atomic E-state index is 13.3. The van der Waals surface area contributed by atoms with Crippen molar-refractivity contribution in [1.82, 2.24) is 0 Å². The first-order valence-corrected chi connectivity index (χ1v) is 5.27. The Hall–Kier alpha value is -0.930. The van der Waals surface area contributed by atoms with E-state index >= 15 is 0 Å². The van der Waals surface area contributed by atoms with Gasteiger partial charge < -0.3 is 4.74 Å². The smallest absolute Gasteiger partial charge is 0.136 e. The van der Waals surface area contributed by atoms with E-state index in [2.05, 4.69) is 0 Å². The summed E-state index contributed by atoms with van der Waals surface area (Å²) in [5.74, 6) is -1.40. The standard InChI is InChI=1S/C12H13ClF2O/c1-16-7-6-11(12(15)8-14)9-2-4-10(13)5-3-9/h2-5,8,11H,6-7H2,1H3/b12-8+. The first-order valence-electron chi connectivity index (χ1n) is 4.89. The van der Waals surface area contributed by atoms with Crippen LogP contribution in [0.5, 0.6) is 0 Å². The zero-order valence-electron chi connectivity index (χ0n) is 8.92. The molecule has 1 aromatic carbocycles. The molecular formula is C12H13ClF2O. The van der Waals surface area contributed by atoms with Gasteiger partial charge in [-0.05, 0) is 24.1 Å². The molecule has 4 heteroatoms. The highest BCUT2D eigenvalue weighted by molar-refractivity contribution is 6.30. The van der Waals surface area contributed by atoms with E-state index in [-0.39, 0.29) is 6.33 Å². The van der Waals surface area contributed by atoms with Crippen molar-refractivity contribution in [2.24, 2.45) is 0 Å². The molecule has 0 radical (unpaired) electrons. The first kappa shape index (κ1) is 13.1. The molecule has 0 aliphatic rings. The highest BCUT2D eigenvalue weighted by Gasteiger charge is 2.16. The van der Waals surface area contributed by atoms with E-state index in [4.69, 9.17) is 16.3 Å². The Morgan fingerprint density at radius 3 is 2.56 bits per heavy atom. The van der Waals surface area contributed by atoms with Gasteiger partial charge in [0, 0.05) is 24.7 Å². The summed E-state index contributed by atoms with van der Waals surface area (Å²) < 4.78 is 30.4. The van der Waals surface area contributed by atoms with Crippen LogP contribution in [-0.4, -0.2) is 13.7 Å². The third kappa shape index (κ3) is 3.58. The second-order valence-electron chi connectivity index (χ2n) is 3.38. The maximum Gasteiger partial charge on any atom is 0.136 e. The monoisotopic (exact) mass is 246 g/mol. The molecule has 0 aliphatic heterocycles. The van der Waals surface area contributed by atoms with Gasteiger partial charge in [-0.25, -0.2) is 8.78 Å². The van der Waals surface area contributed by atoms with Crippen LogP contribution in [0.2, 0.25) is 5.02 Å². The molecule has 0 N–H and O–H groups in total. The lowest BCUT2D eigenvalue weighted by atomic mass is 9.95. The van der Waals surface area contributed by atoms with E-state index in [1.54, 1.807) is 24.3 Å². The number of halogens is 3. The van der Waals surface area contributed by atoms with Crippen LogP contribution in [0.3, 0.4) is 0 Å². The van der Waals surface area contributed by atoms with Crippen molar-refractivity contribution in [2.45, 2.75) is 12.3 Å². The molecule has 0 heterocycles. The maximum atomic E-state index is 13.3. The minimum atomic E-state index is -0.792. The molecule has 0 saturated heterocycles. The topological polar surface area (TPSA) is 9.23 Å². The van der Waals surface area contributed by atoms with E-state index in [9.17, 15) is 8.78 Å². The molecule has 1 atom stereocenters. The van der Waals surface area contributed by atoms with Crippen LogP contribution in [0.4, 0.5) is 8.78 Å². The number of methoxy groups -OCH3 is 1. The molecule has 1 aromatic rings. The molecule has 1 unspecified atom stereocenters. The summed E-state index contributed by atoms with van der Waals surface area (Å²) in [7, 11) is 1.52. The van der Waals surface area contributed by atoms with Crippen LogP contribution in [0.25, 0.3) is 0 Å². The Morgan fingerprint density at radius 1 is 1.44 bits per heavy atom. The van der Waals surface area contributed by atoms with E-state index < -0.39 is 11.7 Å². The summed E-state index contributed by atoms with van der Waals surface area (Å²) in [5.41, 5.74) is 0.688. The minimum Gasteiger partial charge on any atom is -0.385 e. The van der Waals surface area contributed by atoms with Crippen molar-refractivity contribution >= 4 is 11.6 Å². The Balaban J connectivity index is 2.87. The SMILES string of the molecule is COCCC(/C(F)=C\F)c1ccc(Cl)cc1. The van der Waals surface area contributed by atoms with Gasteiger partial charge in [-0.15, -0.1) is 0 Å².